The van der Waals surface area contributed by atoms with Gasteiger partial charge in [0.1, 0.15) is 0 Å². The van der Waals surface area contributed by atoms with Gasteiger partial charge in [-0.1, -0.05) is 20.8 Å². The Morgan fingerprint density at radius 1 is 1.36 bits per heavy atom. The van der Waals surface area contributed by atoms with E-state index in [2.05, 4.69) is 37.9 Å². The topological polar surface area (TPSA) is 12.9 Å². The van der Waals surface area contributed by atoms with E-state index < -0.39 is 0 Å². The fourth-order valence-electron chi connectivity index (χ4n) is 1.81. The minimum absolute atomic E-state index is 0.594. The van der Waals surface area contributed by atoms with Crippen molar-refractivity contribution in [2.24, 2.45) is 0 Å². The highest BCUT2D eigenvalue weighted by molar-refractivity contribution is 7.16. The summed E-state index contributed by atoms with van der Waals surface area (Å²) in [6, 6.07) is 4.54. The summed E-state index contributed by atoms with van der Waals surface area (Å²) in [6.07, 6.45) is 1.11. The molecule has 1 heterocycles. The molecule has 74 valence electrons. The van der Waals surface area contributed by atoms with Crippen LogP contribution >= 0.6 is 11.3 Å². The standard InChI is InChI=1S/C12H15NS/c1-4-9-5-12-11(13-7-14-12)6-10(9)8(2)3/h5-8H,4H2,1-3H3. The molecule has 0 saturated heterocycles. The number of fused-ring (bicyclic) bond motifs is 1. The number of aromatic nitrogens is 1. The number of hydrogen-bond acceptors (Lipinski definition) is 2. The summed E-state index contributed by atoms with van der Waals surface area (Å²) in [7, 11) is 0. The van der Waals surface area contributed by atoms with Gasteiger partial charge in [0.2, 0.25) is 0 Å². The molecular formula is C12H15NS. The Morgan fingerprint density at radius 3 is 2.79 bits per heavy atom. The zero-order chi connectivity index (χ0) is 10.1. The van der Waals surface area contributed by atoms with Crippen molar-refractivity contribution in [1.29, 1.82) is 0 Å². The highest BCUT2D eigenvalue weighted by atomic mass is 32.1. The summed E-state index contributed by atoms with van der Waals surface area (Å²) in [5, 5.41) is 0. The van der Waals surface area contributed by atoms with Crippen molar-refractivity contribution in [3.8, 4) is 0 Å². The number of thiazole rings is 1. The predicted molar refractivity (Wildman–Crippen MR) is 63.1 cm³/mol. The molecule has 2 aromatic rings. The molecule has 0 saturated carbocycles. The fourth-order valence-corrected chi connectivity index (χ4v) is 2.53. The summed E-state index contributed by atoms with van der Waals surface area (Å²) in [6.45, 7) is 6.70. The van der Waals surface area contributed by atoms with Gasteiger partial charge in [0.15, 0.2) is 0 Å². The van der Waals surface area contributed by atoms with Gasteiger partial charge in [0, 0.05) is 0 Å². The monoisotopic (exact) mass is 205 g/mol. The zero-order valence-corrected chi connectivity index (χ0v) is 9.69. The van der Waals surface area contributed by atoms with E-state index in [0.717, 1.165) is 11.9 Å². The van der Waals surface area contributed by atoms with Gasteiger partial charge in [-0.3, -0.25) is 0 Å². The third-order valence-electron chi connectivity index (χ3n) is 2.60. The van der Waals surface area contributed by atoms with Crippen molar-refractivity contribution in [3.05, 3.63) is 28.8 Å². The maximum absolute atomic E-state index is 4.36. The van der Waals surface area contributed by atoms with Crippen LogP contribution < -0.4 is 0 Å². The van der Waals surface area contributed by atoms with Crippen LogP contribution in [-0.4, -0.2) is 4.98 Å². The third-order valence-corrected chi connectivity index (χ3v) is 3.39. The third kappa shape index (κ3) is 1.55. The quantitative estimate of drug-likeness (QED) is 0.722. The largest absolute Gasteiger partial charge is 0.245 e. The number of rotatable bonds is 2. The van der Waals surface area contributed by atoms with Crippen molar-refractivity contribution < 1.29 is 0 Å². The minimum atomic E-state index is 0.594. The summed E-state index contributed by atoms with van der Waals surface area (Å²) < 4.78 is 1.31. The highest BCUT2D eigenvalue weighted by Gasteiger charge is 2.08. The molecule has 2 heteroatoms. The van der Waals surface area contributed by atoms with E-state index in [1.54, 1.807) is 11.3 Å². The molecule has 0 aliphatic carbocycles. The van der Waals surface area contributed by atoms with Gasteiger partial charge < -0.3 is 0 Å². The van der Waals surface area contributed by atoms with E-state index in [-0.39, 0.29) is 0 Å². The second-order valence-corrected chi connectivity index (χ2v) is 4.77. The lowest BCUT2D eigenvalue weighted by Crippen LogP contribution is -1.94. The first-order valence-corrected chi connectivity index (χ1v) is 5.96. The van der Waals surface area contributed by atoms with Gasteiger partial charge in [-0.05, 0) is 35.6 Å². The molecule has 0 aliphatic rings. The second kappa shape index (κ2) is 3.70. The van der Waals surface area contributed by atoms with E-state index in [1.165, 1.54) is 15.8 Å². The lowest BCUT2D eigenvalue weighted by atomic mass is 9.95. The molecule has 0 unspecified atom stereocenters. The summed E-state index contributed by atoms with van der Waals surface area (Å²) >= 11 is 1.73. The van der Waals surface area contributed by atoms with E-state index in [1.807, 2.05) is 5.51 Å². The molecule has 1 nitrogen and oxygen atoms in total. The molecule has 0 aliphatic heterocycles. The van der Waals surface area contributed by atoms with Crippen LogP contribution in [0.5, 0.6) is 0 Å². The van der Waals surface area contributed by atoms with Gasteiger partial charge >= 0.3 is 0 Å². The minimum Gasteiger partial charge on any atom is -0.245 e. The predicted octanol–water partition coefficient (Wildman–Crippen LogP) is 3.98. The molecule has 1 aromatic heterocycles. The number of hydrogen-bond donors (Lipinski definition) is 0. The molecule has 0 spiro atoms. The number of benzene rings is 1. The van der Waals surface area contributed by atoms with E-state index in [4.69, 9.17) is 0 Å². The molecule has 0 N–H and O–H groups in total. The van der Waals surface area contributed by atoms with E-state index in [9.17, 15) is 0 Å². The van der Waals surface area contributed by atoms with Crippen LogP contribution in [0.25, 0.3) is 10.2 Å². The SMILES string of the molecule is CCc1cc2scnc2cc1C(C)C. The van der Waals surface area contributed by atoms with Crippen molar-refractivity contribution in [2.45, 2.75) is 33.1 Å². The molecule has 0 amide bonds. The Kier molecular flexibility index (Phi) is 2.55. The molecule has 2 rings (SSSR count). The molecular weight excluding hydrogens is 190 g/mol. The first kappa shape index (κ1) is 9.66. The average molecular weight is 205 g/mol. The zero-order valence-electron chi connectivity index (χ0n) is 8.87. The normalized spacial score (nSPS) is 11.4. The van der Waals surface area contributed by atoms with Crippen LogP contribution in [0.1, 0.15) is 37.8 Å². The van der Waals surface area contributed by atoms with Crippen LogP contribution in [0, 0.1) is 0 Å². The Morgan fingerprint density at radius 2 is 2.14 bits per heavy atom. The van der Waals surface area contributed by atoms with Crippen LogP contribution in [0.3, 0.4) is 0 Å². The summed E-state index contributed by atoms with van der Waals surface area (Å²) in [5.74, 6) is 0.594. The van der Waals surface area contributed by atoms with Gasteiger partial charge in [-0.15, -0.1) is 11.3 Å². The lowest BCUT2D eigenvalue weighted by molar-refractivity contribution is 0.846. The number of nitrogens with zero attached hydrogens (tertiary/aromatic N) is 1. The molecule has 0 radical (unpaired) electrons. The van der Waals surface area contributed by atoms with Crippen LogP contribution in [0.4, 0.5) is 0 Å². The Hall–Kier alpha value is -0.890. The van der Waals surface area contributed by atoms with Gasteiger partial charge in [-0.2, -0.15) is 0 Å². The summed E-state index contributed by atoms with van der Waals surface area (Å²) in [4.78, 5) is 4.36. The van der Waals surface area contributed by atoms with Crippen LogP contribution in [0.2, 0.25) is 0 Å². The van der Waals surface area contributed by atoms with Crippen LogP contribution in [-0.2, 0) is 6.42 Å². The maximum Gasteiger partial charge on any atom is 0.0815 e. The van der Waals surface area contributed by atoms with Crippen molar-refractivity contribution in [3.63, 3.8) is 0 Å². The molecule has 0 fully saturated rings. The Bertz CT molecular complexity index is 443. The molecule has 1 aromatic carbocycles. The molecule has 0 atom stereocenters. The Labute approximate surface area is 88.8 Å². The van der Waals surface area contributed by atoms with E-state index >= 15 is 0 Å². The van der Waals surface area contributed by atoms with Gasteiger partial charge in [0.05, 0.1) is 15.7 Å². The molecule has 14 heavy (non-hydrogen) atoms. The maximum atomic E-state index is 4.36. The second-order valence-electron chi connectivity index (χ2n) is 3.88. The van der Waals surface area contributed by atoms with Crippen molar-refractivity contribution in [1.82, 2.24) is 4.98 Å². The van der Waals surface area contributed by atoms with E-state index in [0.29, 0.717) is 5.92 Å². The van der Waals surface area contributed by atoms with Gasteiger partial charge in [0.25, 0.3) is 0 Å². The fraction of sp³-hybridized carbons (Fsp3) is 0.417. The summed E-state index contributed by atoms with van der Waals surface area (Å²) in [5.41, 5.74) is 5.99. The first-order chi connectivity index (χ1) is 6.72. The highest BCUT2D eigenvalue weighted by Crippen LogP contribution is 2.27. The van der Waals surface area contributed by atoms with Crippen molar-refractivity contribution >= 4 is 21.6 Å². The van der Waals surface area contributed by atoms with Gasteiger partial charge in [-0.25, -0.2) is 4.98 Å². The van der Waals surface area contributed by atoms with Crippen molar-refractivity contribution in [2.75, 3.05) is 0 Å². The van der Waals surface area contributed by atoms with Crippen LogP contribution in [0.15, 0.2) is 17.6 Å². The smallest absolute Gasteiger partial charge is 0.0815 e. The first-order valence-electron chi connectivity index (χ1n) is 5.08. The Balaban J connectivity index is 2.66. The lowest BCUT2D eigenvalue weighted by Gasteiger charge is -2.11. The number of aryl methyl sites for hydroxylation is 1. The average Bonchev–Trinajstić information content (AvgIpc) is 2.62. The molecule has 0 bridgehead atoms.